The van der Waals surface area contributed by atoms with Crippen LogP contribution in [0.15, 0.2) is 30.6 Å². The number of ketones is 1. The quantitative estimate of drug-likeness (QED) is 0.864. The molecule has 0 spiro atoms. The number of hydrogen-bond acceptors (Lipinski definition) is 2. The number of halogens is 2. The molecule has 1 aromatic carbocycles. The standard InChI is InChI=1S/C13H12Cl2N2O/c1-17-8-9(7-16-17)5-10(18)6-11-12(14)3-2-4-13(11)15/h2-4,7-8H,5-6H2,1H3. The Balaban J connectivity index is 2.08. The molecule has 0 atom stereocenters. The summed E-state index contributed by atoms with van der Waals surface area (Å²) in [5, 5.41) is 5.08. The fourth-order valence-corrected chi connectivity index (χ4v) is 2.28. The summed E-state index contributed by atoms with van der Waals surface area (Å²) in [6.07, 6.45) is 4.10. The Bertz CT molecular complexity index is 558. The van der Waals surface area contributed by atoms with Crippen LogP contribution < -0.4 is 0 Å². The topological polar surface area (TPSA) is 34.9 Å². The molecule has 1 heterocycles. The van der Waals surface area contributed by atoms with Crippen molar-refractivity contribution in [2.45, 2.75) is 12.8 Å². The van der Waals surface area contributed by atoms with Crippen molar-refractivity contribution >= 4 is 29.0 Å². The van der Waals surface area contributed by atoms with Gasteiger partial charge in [0.05, 0.1) is 6.20 Å². The van der Waals surface area contributed by atoms with Gasteiger partial charge in [0.15, 0.2) is 0 Å². The van der Waals surface area contributed by atoms with E-state index in [1.807, 2.05) is 13.2 Å². The molecule has 94 valence electrons. The van der Waals surface area contributed by atoms with Crippen molar-refractivity contribution < 1.29 is 4.79 Å². The molecule has 5 heteroatoms. The van der Waals surface area contributed by atoms with Crippen LogP contribution in [0.4, 0.5) is 0 Å². The molecular weight excluding hydrogens is 271 g/mol. The van der Waals surface area contributed by atoms with Gasteiger partial charge in [-0.15, -0.1) is 0 Å². The lowest BCUT2D eigenvalue weighted by molar-refractivity contribution is -0.117. The van der Waals surface area contributed by atoms with Crippen molar-refractivity contribution in [1.82, 2.24) is 9.78 Å². The van der Waals surface area contributed by atoms with E-state index in [0.29, 0.717) is 22.0 Å². The molecule has 0 bridgehead atoms. The summed E-state index contributed by atoms with van der Waals surface area (Å²) in [6, 6.07) is 5.24. The van der Waals surface area contributed by atoms with Crippen LogP contribution in [-0.2, 0) is 24.7 Å². The van der Waals surface area contributed by atoms with Gasteiger partial charge in [0.2, 0.25) is 0 Å². The van der Waals surface area contributed by atoms with E-state index in [1.165, 1.54) is 0 Å². The van der Waals surface area contributed by atoms with E-state index in [4.69, 9.17) is 23.2 Å². The van der Waals surface area contributed by atoms with E-state index in [1.54, 1.807) is 29.1 Å². The molecule has 0 saturated carbocycles. The van der Waals surface area contributed by atoms with Crippen LogP contribution in [-0.4, -0.2) is 15.6 Å². The van der Waals surface area contributed by atoms with Crippen LogP contribution in [0.3, 0.4) is 0 Å². The minimum atomic E-state index is 0.0676. The highest BCUT2D eigenvalue weighted by Gasteiger charge is 2.12. The van der Waals surface area contributed by atoms with Gasteiger partial charge in [0.1, 0.15) is 5.78 Å². The van der Waals surface area contributed by atoms with Crippen LogP contribution in [0, 0.1) is 0 Å². The Labute approximate surface area is 115 Å². The smallest absolute Gasteiger partial charge is 0.141 e. The average Bonchev–Trinajstić information content (AvgIpc) is 2.69. The summed E-state index contributed by atoms with van der Waals surface area (Å²) in [5.74, 6) is 0.0676. The largest absolute Gasteiger partial charge is 0.299 e. The third kappa shape index (κ3) is 3.12. The van der Waals surface area contributed by atoms with E-state index in [2.05, 4.69) is 5.10 Å². The summed E-state index contributed by atoms with van der Waals surface area (Å²) in [4.78, 5) is 11.9. The molecule has 0 radical (unpaired) electrons. The number of nitrogens with zero attached hydrogens (tertiary/aromatic N) is 2. The number of benzene rings is 1. The lowest BCUT2D eigenvalue weighted by Crippen LogP contribution is -2.07. The molecular formula is C13H12Cl2N2O. The van der Waals surface area contributed by atoms with Gasteiger partial charge in [0, 0.05) is 36.1 Å². The molecule has 18 heavy (non-hydrogen) atoms. The first-order valence-electron chi connectivity index (χ1n) is 5.48. The first kappa shape index (κ1) is 13.1. The van der Waals surface area contributed by atoms with Crippen molar-refractivity contribution in [2.75, 3.05) is 0 Å². The number of Topliss-reactive ketones (excluding diaryl/α,β-unsaturated/α-hetero) is 1. The van der Waals surface area contributed by atoms with Crippen LogP contribution in [0.25, 0.3) is 0 Å². The number of hydrogen-bond donors (Lipinski definition) is 0. The van der Waals surface area contributed by atoms with E-state index >= 15 is 0 Å². The molecule has 0 unspecified atom stereocenters. The number of carbonyl (C=O) groups excluding carboxylic acids is 1. The Morgan fingerprint density at radius 1 is 1.28 bits per heavy atom. The fourth-order valence-electron chi connectivity index (χ4n) is 1.75. The van der Waals surface area contributed by atoms with Gasteiger partial charge in [0.25, 0.3) is 0 Å². The predicted octanol–water partition coefficient (Wildman–Crippen LogP) is 3.08. The highest BCUT2D eigenvalue weighted by atomic mass is 35.5. The minimum Gasteiger partial charge on any atom is -0.299 e. The molecule has 2 aromatic rings. The van der Waals surface area contributed by atoms with Gasteiger partial charge >= 0.3 is 0 Å². The third-order valence-electron chi connectivity index (χ3n) is 2.60. The Hall–Kier alpha value is -1.32. The monoisotopic (exact) mass is 282 g/mol. The first-order chi connectivity index (χ1) is 8.56. The molecule has 0 aliphatic heterocycles. The Morgan fingerprint density at radius 3 is 2.50 bits per heavy atom. The molecule has 0 aliphatic rings. The third-order valence-corrected chi connectivity index (χ3v) is 3.30. The van der Waals surface area contributed by atoms with Crippen molar-refractivity contribution in [1.29, 1.82) is 0 Å². The van der Waals surface area contributed by atoms with Crippen molar-refractivity contribution in [3.8, 4) is 0 Å². The highest BCUT2D eigenvalue weighted by molar-refractivity contribution is 6.36. The summed E-state index contributed by atoms with van der Waals surface area (Å²) in [5.41, 5.74) is 1.58. The maximum Gasteiger partial charge on any atom is 0.141 e. The Kier molecular flexibility index (Phi) is 4.04. The second kappa shape index (κ2) is 5.55. The number of carbonyl (C=O) groups is 1. The lowest BCUT2D eigenvalue weighted by atomic mass is 10.0. The van der Waals surface area contributed by atoms with Crippen molar-refractivity contribution in [3.63, 3.8) is 0 Å². The van der Waals surface area contributed by atoms with Crippen molar-refractivity contribution in [3.05, 3.63) is 51.8 Å². The van der Waals surface area contributed by atoms with E-state index in [0.717, 1.165) is 5.56 Å². The van der Waals surface area contributed by atoms with Gasteiger partial charge in [-0.2, -0.15) is 5.10 Å². The van der Waals surface area contributed by atoms with Gasteiger partial charge in [-0.1, -0.05) is 29.3 Å². The number of rotatable bonds is 4. The molecule has 0 saturated heterocycles. The molecule has 0 fully saturated rings. The lowest BCUT2D eigenvalue weighted by Gasteiger charge is -2.05. The SMILES string of the molecule is Cn1cc(CC(=O)Cc2c(Cl)cccc2Cl)cn1. The minimum absolute atomic E-state index is 0.0676. The van der Waals surface area contributed by atoms with Crippen molar-refractivity contribution in [2.24, 2.45) is 7.05 Å². The molecule has 0 aliphatic carbocycles. The normalized spacial score (nSPS) is 10.6. The number of aromatic nitrogens is 2. The fraction of sp³-hybridized carbons (Fsp3) is 0.231. The average molecular weight is 283 g/mol. The van der Waals surface area contributed by atoms with E-state index < -0.39 is 0 Å². The maximum atomic E-state index is 11.9. The van der Waals surface area contributed by atoms with Crippen LogP contribution >= 0.6 is 23.2 Å². The number of aryl methyl sites for hydroxylation is 1. The molecule has 3 nitrogen and oxygen atoms in total. The summed E-state index contributed by atoms with van der Waals surface area (Å²) < 4.78 is 1.67. The van der Waals surface area contributed by atoms with Gasteiger partial charge in [-0.3, -0.25) is 9.48 Å². The van der Waals surface area contributed by atoms with E-state index in [-0.39, 0.29) is 12.2 Å². The van der Waals surface area contributed by atoms with Crippen LogP contribution in [0.2, 0.25) is 10.0 Å². The molecule has 2 rings (SSSR count). The van der Waals surface area contributed by atoms with E-state index in [9.17, 15) is 4.79 Å². The summed E-state index contributed by atoms with van der Waals surface area (Å²) >= 11 is 12.1. The molecule has 0 amide bonds. The Morgan fingerprint density at radius 2 is 1.94 bits per heavy atom. The summed E-state index contributed by atoms with van der Waals surface area (Å²) in [7, 11) is 1.82. The molecule has 1 aromatic heterocycles. The van der Waals surface area contributed by atoms with Crippen LogP contribution in [0.1, 0.15) is 11.1 Å². The first-order valence-corrected chi connectivity index (χ1v) is 6.24. The maximum absolute atomic E-state index is 11.9. The predicted molar refractivity (Wildman–Crippen MR) is 72.1 cm³/mol. The van der Waals surface area contributed by atoms with Crippen LogP contribution in [0.5, 0.6) is 0 Å². The second-order valence-electron chi connectivity index (χ2n) is 4.11. The van der Waals surface area contributed by atoms with Gasteiger partial charge < -0.3 is 0 Å². The molecule has 0 N–H and O–H groups in total. The highest BCUT2D eigenvalue weighted by Crippen LogP contribution is 2.25. The zero-order valence-corrected chi connectivity index (χ0v) is 11.4. The van der Waals surface area contributed by atoms with Gasteiger partial charge in [-0.05, 0) is 23.3 Å². The summed E-state index contributed by atoms with van der Waals surface area (Å²) in [6.45, 7) is 0. The van der Waals surface area contributed by atoms with Gasteiger partial charge in [-0.25, -0.2) is 0 Å². The zero-order chi connectivity index (χ0) is 13.1. The second-order valence-corrected chi connectivity index (χ2v) is 4.93. The zero-order valence-electron chi connectivity index (χ0n) is 9.86.